The first kappa shape index (κ1) is 22.2. The van der Waals surface area contributed by atoms with Gasteiger partial charge in [0.2, 0.25) is 0 Å². The van der Waals surface area contributed by atoms with E-state index in [2.05, 4.69) is 60.7 Å². The number of rotatable bonds is 9. The summed E-state index contributed by atoms with van der Waals surface area (Å²) in [6.07, 6.45) is 0.992. The van der Waals surface area contributed by atoms with Gasteiger partial charge in [0.15, 0.2) is 5.96 Å². The molecule has 0 aromatic heterocycles. The van der Waals surface area contributed by atoms with Gasteiger partial charge in [-0.25, -0.2) is 0 Å². The maximum Gasteiger partial charge on any atom is 0.191 e. The van der Waals surface area contributed by atoms with Crippen molar-refractivity contribution >= 4 is 29.9 Å². The number of benzene rings is 1. The molecule has 1 aromatic rings. The Hall–Kier alpha value is -0.820. The Morgan fingerprint density at radius 2 is 1.87 bits per heavy atom. The molecule has 0 bridgehead atoms. The van der Waals surface area contributed by atoms with Crippen molar-refractivity contribution in [2.45, 2.75) is 40.0 Å². The molecule has 0 spiro atoms. The van der Waals surface area contributed by atoms with Gasteiger partial charge in [-0.2, -0.15) is 0 Å². The van der Waals surface area contributed by atoms with E-state index in [9.17, 15) is 0 Å². The van der Waals surface area contributed by atoms with Crippen LogP contribution < -0.4 is 10.6 Å². The van der Waals surface area contributed by atoms with Gasteiger partial charge in [0.1, 0.15) is 0 Å². The molecule has 0 fully saturated rings. The van der Waals surface area contributed by atoms with Crippen molar-refractivity contribution in [2.24, 2.45) is 4.99 Å². The zero-order chi connectivity index (χ0) is 16.2. The van der Waals surface area contributed by atoms with Crippen molar-refractivity contribution < 1.29 is 4.74 Å². The summed E-state index contributed by atoms with van der Waals surface area (Å²) in [6, 6.07) is 8.70. The fraction of sp³-hybridized carbons (Fsp3) is 0.611. The molecule has 0 radical (unpaired) electrons. The summed E-state index contributed by atoms with van der Waals surface area (Å²) < 4.78 is 5.34. The highest BCUT2D eigenvalue weighted by Gasteiger charge is 2.05. The predicted molar refractivity (Wildman–Crippen MR) is 110 cm³/mol. The quantitative estimate of drug-likeness (QED) is 0.270. The Bertz CT molecular complexity index is 434. The van der Waals surface area contributed by atoms with E-state index in [1.54, 1.807) is 0 Å². The molecule has 1 aromatic carbocycles. The van der Waals surface area contributed by atoms with Crippen LogP contribution in [0, 0.1) is 6.92 Å². The smallest absolute Gasteiger partial charge is 0.191 e. The number of hydrogen-bond acceptors (Lipinski definition) is 2. The molecule has 23 heavy (non-hydrogen) atoms. The van der Waals surface area contributed by atoms with E-state index in [1.165, 1.54) is 11.1 Å². The van der Waals surface area contributed by atoms with Crippen molar-refractivity contribution in [3.8, 4) is 0 Å². The van der Waals surface area contributed by atoms with Crippen LogP contribution in [0.15, 0.2) is 29.3 Å². The molecule has 0 aliphatic heterocycles. The summed E-state index contributed by atoms with van der Waals surface area (Å²) >= 11 is 0. The van der Waals surface area contributed by atoms with Crippen LogP contribution in [0.5, 0.6) is 0 Å². The Labute approximate surface area is 158 Å². The average molecular weight is 433 g/mol. The molecule has 5 heteroatoms. The number of nitrogens with zero attached hydrogens (tertiary/aromatic N) is 1. The van der Waals surface area contributed by atoms with Gasteiger partial charge in [-0.15, -0.1) is 24.0 Å². The molecule has 2 N–H and O–H groups in total. The summed E-state index contributed by atoms with van der Waals surface area (Å²) in [5.41, 5.74) is 2.63. The van der Waals surface area contributed by atoms with Gasteiger partial charge in [0.25, 0.3) is 0 Å². The van der Waals surface area contributed by atoms with Crippen LogP contribution in [0.4, 0.5) is 0 Å². The predicted octanol–water partition coefficient (Wildman–Crippen LogP) is 3.70. The number of guanidine groups is 1. The lowest BCUT2D eigenvalue weighted by atomic mass is 10.0. The molecule has 0 amide bonds. The zero-order valence-electron chi connectivity index (χ0n) is 14.9. The number of hydrogen-bond donors (Lipinski definition) is 2. The van der Waals surface area contributed by atoms with Gasteiger partial charge in [-0.1, -0.05) is 36.8 Å². The SMILES string of the molecule is CCNC(=NCC(C)c1ccc(C)cc1)NCCCOCC.I. The first-order valence-corrected chi connectivity index (χ1v) is 8.33. The zero-order valence-corrected chi connectivity index (χ0v) is 17.2. The summed E-state index contributed by atoms with van der Waals surface area (Å²) in [7, 11) is 0. The Morgan fingerprint density at radius 3 is 2.48 bits per heavy atom. The van der Waals surface area contributed by atoms with Gasteiger partial charge >= 0.3 is 0 Å². The Kier molecular flexibility index (Phi) is 13.1. The Balaban J connectivity index is 0.00000484. The molecule has 1 atom stereocenters. The monoisotopic (exact) mass is 433 g/mol. The van der Waals surface area contributed by atoms with E-state index in [0.717, 1.165) is 45.2 Å². The average Bonchev–Trinajstić information content (AvgIpc) is 2.52. The van der Waals surface area contributed by atoms with E-state index in [4.69, 9.17) is 4.74 Å². The van der Waals surface area contributed by atoms with Gasteiger partial charge in [0.05, 0.1) is 0 Å². The molecular formula is C18H32IN3O. The van der Waals surface area contributed by atoms with Crippen molar-refractivity contribution in [1.82, 2.24) is 10.6 Å². The highest BCUT2D eigenvalue weighted by Crippen LogP contribution is 2.15. The van der Waals surface area contributed by atoms with E-state index in [-0.39, 0.29) is 24.0 Å². The summed E-state index contributed by atoms with van der Waals surface area (Å²) in [5.74, 6) is 1.30. The summed E-state index contributed by atoms with van der Waals surface area (Å²) in [4.78, 5) is 4.68. The first-order chi connectivity index (χ1) is 10.7. The van der Waals surface area contributed by atoms with Crippen LogP contribution in [-0.2, 0) is 4.74 Å². The lowest BCUT2D eigenvalue weighted by molar-refractivity contribution is 0.145. The molecule has 1 rings (SSSR count). The van der Waals surface area contributed by atoms with Gasteiger partial charge in [0, 0.05) is 38.8 Å². The fourth-order valence-corrected chi connectivity index (χ4v) is 2.10. The normalized spacial score (nSPS) is 12.4. The third-order valence-electron chi connectivity index (χ3n) is 3.48. The number of ether oxygens (including phenoxy) is 1. The van der Waals surface area contributed by atoms with Crippen LogP contribution >= 0.6 is 24.0 Å². The molecule has 0 aliphatic rings. The van der Waals surface area contributed by atoms with Gasteiger partial charge < -0.3 is 15.4 Å². The maximum absolute atomic E-state index is 5.34. The van der Waals surface area contributed by atoms with Crippen molar-refractivity contribution in [2.75, 3.05) is 32.8 Å². The van der Waals surface area contributed by atoms with E-state index in [0.29, 0.717) is 5.92 Å². The molecule has 132 valence electrons. The molecule has 1 unspecified atom stereocenters. The van der Waals surface area contributed by atoms with Crippen LogP contribution in [0.2, 0.25) is 0 Å². The first-order valence-electron chi connectivity index (χ1n) is 8.33. The van der Waals surface area contributed by atoms with Crippen molar-refractivity contribution in [1.29, 1.82) is 0 Å². The van der Waals surface area contributed by atoms with Gasteiger partial charge in [-0.3, -0.25) is 4.99 Å². The standard InChI is InChI=1S/C18H31N3O.HI/c1-5-19-18(20-12-7-13-22-6-2)21-14-16(4)17-10-8-15(3)9-11-17;/h8-11,16H,5-7,12-14H2,1-4H3,(H2,19,20,21);1H. The highest BCUT2D eigenvalue weighted by molar-refractivity contribution is 14.0. The maximum atomic E-state index is 5.34. The second-order valence-corrected chi connectivity index (χ2v) is 5.51. The number of aliphatic imine (C=N–C) groups is 1. The molecule has 0 aliphatic carbocycles. The molecule has 0 saturated carbocycles. The highest BCUT2D eigenvalue weighted by atomic mass is 127. The minimum atomic E-state index is 0. The molecule has 4 nitrogen and oxygen atoms in total. The van der Waals surface area contributed by atoms with Crippen LogP contribution in [0.1, 0.15) is 44.2 Å². The number of halogens is 1. The lowest BCUT2D eigenvalue weighted by Gasteiger charge is -2.14. The summed E-state index contributed by atoms with van der Waals surface area (Å²) in [6.45, 7) is 12.5. The molecule has 0 heterocycles. The van der Waals surface area contributed by atoms with Crippen molar-refractivity contribution in [3.05, 3.63) is 35.4 Å². The Morgan fingerprint density at radius 1 is 1.17 bits per heavy atom. The van der Waals surface area contributed by atoms with Crippen molar-refractivity contribution in [3.63, 3.8) is 0 Å². The second kappa shape index (κ2) is 13.6. The molecular weight excluding hydrogens is 401 g/mol. The third-order valence-corrected chi connectivity index (χ3v) is 3.48. The van der Waals surface area contributed by atoms with E-state index < -0.39 is 0 Å². The van der Waals surface area contributed by atoms with Crippen LogP contribution in [-0.4, -0.2) is 38.8 Å². The number of nitrogens with one attached hydrogen (secondary N) is 2. The summed E-state index contributed by atoms with van der Waals surface area (Å²) in [5, 5.41) is 6.64. The molecule has 0 saturated heterocycles. The largest absolute Gasteiger partial charge is 0.382 e. The second-order valence-electron chi connectivity index (χ2n) is 5.51. The minimum absolute atomic E-state index is 0. The lowest BCUT2D eigenvalue weighted by Crippen LogP contribution is -2.38. The third kappa shape index (κ3) is 9.81. The van der Waals surface area contributed by atoms with E-state index >= 15 is 0 Å². The van der Waals surface area contributed by atoms with E-state index in [1.807, 2.05) is 6.92 Å². The number of aryl methyl sites for hydroxylation is 1. The van der Waals surface area contributed by atoms with Gasteiger partial charge in [-0.05, 0) is 32.8 Å². The van der Waals surface area contributed by atoms with Crippen LogP contribution in [0.25, 0.3) is 0 Å². The van der Waals surface area contributed by atoms with Crippen LogP contribution in [0.3, 0.4) is 0 Å². The fourth-order valence-electron chi connectivity index (χ4n) is 2.10. The topological polar surface area (TPSA) is 45.7 Å². The minimum Gasteiger partial charge on any atom is -0.382 e.